The van der Waals surface area contributed by atoms with Gasteiger partial charge < -0.3 is 5.73 Å². The summed E-state index contributed by atoms with van der Waals surface area (Å²) in [6.07, 6.45) is 0.697. The lowest BCUT2D eigenvalue weighted by molar-refractivity contribution is 0.473. The normalized spacial score (nSPS) is 11.7. The number of nitrogens with two attached hydrogens (primary N) is 1. The number of thiophene rings is 1. The summed E-state index contributed by atoms with van der Waals surface area (Å²) in [5.74, 6) is 0. The van der Waals surface area contributed by atoms with Crippen molar-refractivity contribution < 1.29 is 8.42 Å². The van der Waals surface area contributed by atoms with Crippen LogP contribution in [0, 0.1) is 0 Å². The number of hydrogen-bond donors (Lipinski definition) is 1. The first-order valence-corrected chi connectivity index (χ1v) is 9.02. The lowest BCUT2D eigenvalue weighted by atomic mass is 10.2. The van der Waals surface area contributed by atoms with E-state index in [0.717, 1.165) is 4.88 Å². The number of hydrogen-bond acceptors (Lipinski definition) is 4. The largest absolute Gasteiger partial charge is 0.389 e. The molecule has 0 atom stereocenters. The molecular formula is C14H16N2O2S3. The van der Waals surface area contributed by atoms with E-state index in [1.807, 2.05) is 17.5 Å². The highest BCUT2D eigenvalue weighted by atomic mass is 32.2. The van der Waals surface area contributed by atoms with Gasteiger partial charge in [0, 0.05) is 24.0 Å². The first-order valence-electron chi connectivity index (χ1n) is 6.30. The zero-order valence-corrected chi connectivity index (χ0v) is 14.0. The molecule has 7 heteroatoms. The summed E-state index contributed by atoms with van der Waals surface area (Å²) in [4.78, 5) is 1.56. The fourth-order valence-electron chi connectivity index (χ4n) is 1.83. The number of nitrogens with zero attached hydrogens (tertiary/aromatic N) is 1. The topological polar surface area (TPSA) is 63.4 Å². The summed E-state index contributed by atoms with van der Waals surface area (Å²) in [6, 6.07) is 10.4. The molecule has 0 saturated carbocycles. The van der Waals surface area contributed by atoms with E-state index in [0.29, 0.717) is 18.5 Å². The molecule has 2 rings (SSSR count). The van der Waals surface area contributed by atoms with Crippen molar-refractivity contribution in [2.24, 2.45) is 5.73 Å². The van der Waals surface area contributed by atoms with Gasteiger partial charge in [0.25, 0.3) is 0 Å². The third-order valence-corrected chi connectivity index (χ3v) is 6.10. The van der Waals surface area contributed by atoms with Gasteiger partial charge in [0.1, 0.15) is 4.99 Å². The molecule has 0 aliphatic heterocycles. The first-order chi connectivity index (χ1) is 9.91. The van der Waals surface area contributed by atoms with E-state index in [2.05, 4.69) is 0 Å². The van der Waals surface area contributed by atoms with E-state index >= 15 is 0 Å². The van der Waals surface area contributed by atoms with Gasteiger partial charge in [0.15, 0.2) is 0 Å². The Morgan fingerprint density at radius 1 is 1.33 bits per heavy atom. The van der Waals surface area contributed by atoms with Crippen LogP contribution in [0.1, 0.15) is 10.4 Å². The fourth-order valence-corrected chi connectivity index (χ4v) is 3.88. The molecule has 0 spiro atoms. The van der Waals surface area contributed by atoms with E-state index in [1.54, 1.807) is 36.6 Å². The quantitative estimate of drug-likeness (QED) is 0.819. The van der Waals surface area contributed by atoms with E-state index in [1.165, 1.54) is 10.4 Å². The van der Waals surface area contributed by atoms with Crippen LogP contribution in [-0.2, 0) is 16.4 Å². The lowest BCUT2D eigenvalue weighted by Crippen LogP contribution is -2.29. The minimum atomic E-state index is -3.53. The van der Waals surface area contributed by atoms with Crippen LogP contribution >= 0.6 is 23.6 Å². The molecule has 0 aliphatic rings. The second kappa shape index (κ2) is 6.65. The van der Waals surface area contributed by atoms with Crippen LogP contribution in [0.25, 0.3) is 0 Å². The second-order valence-corrected chi connectivity index (χ2v) is 8.06. The van der Waals surface area contributed by atoms with Crippen molar-refractivity contribution >= 4 is 38.6 Å². The minimum Gasteiger partial charge on any atom is -0.389 e. The zero-order valence-electron chi connectivity index (χ0n) is 11.5. The van der Waals surface area contributed by atoms with Crippen LogP contribution in [0.2, 0.25) is 0 Å². The molecule has 21 heavy (non-hydrogen) atoms. The summed E-state index contributed by atoms with van der Waals surface area (Å²) in [6.45, 7) is 0.431. The SMILES string of the molecule is CN(CCc1cccs1)S(=O)(=O)c1cccc(C(N)=S)c1. The third-order valence-electron chi connectivity index (χ3n) is 3.08. The number of benzene rings is 1. The molecule has 4 nitrogen and oxygen atoms in total. The molecule has 1 heterocycles. The summed E-state index contributed by atoms with van der Waals surface area (Å²) in [5, 5.41) is 1.98. The molecule has 2 N–H and O–H groups in total. The number of likely N-dealkylation sites (N-methyl/N-ethyl adjacent to an activating group) is 1. The second-order valence-electron chi connectivity index (χ2n) is 4.55. The molecule has 0 aliphatic carbocycles. The molecule has 0 saturated heterocycles. The molecular weight excluding hydrogens is 324 g/mol. The van der Waals surface area contributed by atoms with Crippen LogP contribution in [0.15, 0.2) is 46.7 Å². The van der Waals surface area contributed by atoms with Crippen LogP contribution < -0.4 is 5.73 Å². The van der Waals surface area contributed by atoms with Gasteiger partial charge in [-0.3, -0.25) is 0 Å². The maximum absolute atomic E-state index is 12.5. The molecule has 0 fully saturated rings. The standard InChI is InChI=1S/C14H16N2O2S3/c1-16(8-7-12-5-3-9-20-12)21(17,18)13-6-2-4-11(10-13)14(15)19/h2-6,9-10H,7-8H2,1H3,(H2,15,19). The summed E-state index contributed by atoms with van der Waals surface area (Å²) < 4.78 is 26.4. The Morgan fingerprint density at radius 3 is 2.71 bits per heavy atom. The van der Waals surface area contributed by atoms with Crippen molar-refractivity contribution in [3.05, 3.63) is 52.2 Å². The Bertz CT molecular complexity index is 724. The van der Waals surface area contributed by atoms with Crippen LogP contribution in [-0.4, -0.2) is 31.3 Å². The highest BCUT2D eigenvalue weighted by Crippen LogP contribution is 2.17. The summed E-state index contributed by atoms with van der Waals surface area (Å²) >= 11 is 6.51. The first kappa shape index (κ1) is 16.1. The predicted molar refractivity (Wildman–Crippen MR) is 90.2 cm³/mol. The summed E-state index contributed by atoms with van der Waals surface area (Å²) in [5.41, 5.74) is 6.10. The maximum atomic E-state index is 12.5. The van der Waals surface area contributed by atoms with E-state index < -0.39 is 10.0 Å². The zero-order chi connectivity index (χ0) is 15.5. The Morgan fingerprint density at radius 2 is 2.10 bits per heavy atom. The molecule has 2 aromatic rings. The Kier molecular flexibility index (Phi) is 5.10. The third kappa shape index (κ3) is 3.88. The molecule has 1 aromatic carbocycles. The number of sulfonamides is 1. The Hall–Kier alpha value is -1.28. The number of thiocarbonyl (C=S) groups is 1. The van der Waals surface area contributed by atoms with Gasteiger partial charge in [-0.1, -0.05) is 30.4 Å². The van der Waals surface area contributed by atoms with Gasteiger partial charge in [-0.05, 0) is 30.0 Å². The van der Waals surface area contributed by atoms with Crippen molar-refractivity contribution in [3.63, 3.8) is 0 Å². The van der Waals surface area contributed by atoms with Gasteiger partial charge in [-0.2, -0.15) is 0 Å². The van der Waals surface area contributed by atoms with Gasteiger partial charge in [-0.25, -0.2) is 12.7 Å². The fraction of sp³-hybridized carbons (Fsp3) is 0.214. The number of rotatable bonds is 6. The Balaban J connectivity index is 2.16. The average molecular weight is 340 g/mol. The van der Waals surface area contributed by atoms with Crippen molar-refractivity contribution in [3.8, 4) is 0 Å². The Labute approximate surface area is 134 Å². The summed E-state index contributed by atoms with van der Waals surface area (Å²) in [7, 11) is -1.95. The van der Waals surface area contributed by atoms with Crippen LogP contribution in [0.3, 0.4) is 0 Å². The lowest BCUT2D eigenvalue weighted by Gasteiger charge is -2.17. The molecule has 112 valence electrons. The maximum Gasteiger partial charge on any atom is 0.242 e. The molecule has 0 amide bonds. The van der Waals surface area contributed by atoms with Crippen molar-refractivity contribution in [2.75, 3.05) is 13.6 Å². The van der Waals surface area contributed by atoms with Crippen molar-refractivity contribution in [1.29, 1.82) is 0 Å². The van der Waals surface area contributed by atoms with Gasteiger partial charge >= 0.3 is 0 Å². The molecule has 1 aromatic heterocycles. The van der Waals surface area contributed by atoms with Crippen molar-refractivity contribution in [1.82, 2.24) is 4.31 Å². The van der Waals surface area contributed by atoms with Crippen LogP contribution in [0.4, 0.5) is 0 Å². The van der Waals surface area contributed by atoms with E-state index in [4.69, 9.17) is 18.0 Å². The molecule has 0 bridgehead atoms. The van der Waals surface area contributed by atoms with Gasteiger partial charge in [0.05, 0.1) is 4.90 Å². The van der Waals surface area contributed by atoms with Crippen LogP contribution in [0.5, 0.6) is 0 Å². The highest BCUT2D eigenvalue weighted by molar-refractivity contribution is 7.89. The minimum absolute atomic E-state index is 0.188. The average Bonchev–Trinajstić information content (AvgIpc) is 2.98. The van der Waals surface area contributed by atoms with E-state index in [9.17, 15) is 8.42 Å². The van der Waals surface area contributed by atoms with Gasteiger partial charge in [-0.15, -0.1) is 11.3 Å². The van der Waals surface area contributed by atoms with Crippen molar-refractivity contribution in [2.45, 2.75) is 11.3 Å². The monoisotopic (exact) mass is 340 g/mol. The molecule has 0 unspecified atom stereocenters. The molecule has 0 radical (unpaired) electrons. The van der Waals surface area contributed by atoms with E-state index in [-0.39, 0.29) is 9.88 Å². The highest BCUT2D eigenvalue weighted by Gasteiger charge is 2.21. The smallest absolute Gasteiger partial charge is 0.242 e. The predicted octanol–water partition coefficient (Wildman–Crippen LogP) is 2.25. The van der Waals surface area contributed by atoms with Gasteiger partial charge in [0.2, 0.25) is 10.0 Å².